The number of anilines is 2. The third-order valence-electron chi connectivity index (χ3n) is 7.82. The Morgan fingerprint density at radius 2 is 1.97 bits per heavy atom. The second-order valence-corrected chi connectivity index (χ2v) is 10.3. The summed E-state index contributed by atoms with van der Waals surface area (Å²) in [5, 5.41) is 6.34. The number of nitrogens with two attached hydrogens (primary N) is 1. The summed E-state index contributed by atoms with van der Waals surface area (Å²) in [5.74, 6) is -1.98. The number of nitrogens with one attached hydrogen (secondary N) is 2. The standard InChI is InChI=1S/C28H27ClF2N4O2/c1-35-11-10-34-26-19(35)12-16(27(32)36)23(25(26)31)22-17-14-28(21-8-5-9-33-21,15-6-3-2-4-7-15)37-20(17)13-18(30)24(22)29/h2-4,6-7,12-13,21,33-34H,5,8-11,14H2,1H3,(H2,32,36)/t21-,28-/m0/s1. The van der Waals surface area contributed by atoms with Gasteiger partial charge in [0.15, 0.2) is 11.4 Å². The number of carbonyl (C=O) groups is 1. The Balaban J connectivity index is 1.61. The van der Waals surface area contributed by atoms with Crippen molar-refractivity contribution in [2.75, 3.05) is 36.9 Å². The van der Waals surface area contributed by atoms with Gasteiger partial charge in [0.05, 0.1) is 28.0 Å². The molecule has 3 heterocycles. The molecule has 3 aromatic rings. The molecule has 6 rings (SSSR count). The summed E-state index contributed by atoms with van der Waals surface area (Å²) in [6, 6.07) is 12.5. The van der Waals surface area contributed by atoms with Gasteiger partial charge in [-0.25, -0.2) is 8.78 Å². The smallest absolute Gasteiger partial charge is 0.249 e. The van der Waals surface area contributed by atoms with Crippen LogP contribution < -0.4 is 26.0 Å². The summed E-state index contributed by atoms with van der Waals surface area (Å²) in [7, 11) is 1.81. The highest BCUT2D eigenvalue weighted by molar-refractivity contribution is 6.34. The van der Waals surface area contributed by atoms with Gasteiger partial charge in [0.2, 0.25) is 5.91 Å². The molecule has 0 saturated carbocycles. The molecular weight excluding hydrogens is 498 g/mol. The third-order valence-corrected chi connectivity index (χ3v) is 8.19. The van der Waals surface area contributed by atoms with Gasteiger partial charge in [0.25, 0.3) is 0 Å². The molecule has 192 valence electrons. The molecule has 0 radical (unpaired) electrons. The maximum absolute atomic E-state index is 16.3. The normalized spacial score (nSPS) is 22.3. The van der Waals surface area contributed by atoms with Crippen molar-refractivity contribution < 1.29 is 18.3 Å². The summed E-state index contributed by atoms with van der Waals surface area (Å²) < 4.78 is 38.2. The lowest BCUT2D eigenvalue weighted by molar-refractivity contribution is 0.0539. The highest BCUT2D eigenvalue weighted by Gasteiger charge is 2.50. The van der Waals surface area contributed by atoms with Gasteiger partial charge < -0.3 is 26.0 Å². The Morgan fingerprint density at radius 1 is 1.19 bits per heavy atom. The number of halogens is 3. The molecule has 0 aromatic heterocycles. The highest BCUT2D eigenvalue weighted by Crippen LogP contribution is 2.53. The van der Waals surface area contributed by atoms with E-state index < -0.39 is 23.1 Å². The van der Waals surface area contributed by atoms with Crippen molar-refractivity contribution in [3.8, 4) is 16.9 Å². The van der Waals surface area contributed by atoms with Crippen LogP contribution in [0.3, 0.4) is 0 Å². The Morgan fingerprint density at radius 3 is 2.68 bits per heavy atom. The minimum Gasteiger partial charge on any atom is -0.480 e. The summed E-state index contributed by atoms with van der Waals surface area (Å²) in [5.41, 5.74) is 7.07. The van der Waals surface area contributed by atoms with Gasteiger partial charge in [-0.3, -0.25) is 4.79 Å². The van der Waals surface area contributed by atoms with Crippen LogP contribution in [0.15, 0.2) is 42.5 Å². The molecule has 3 aliphatic heterocycles. The Bertz CT molecular complexity index is 1410. The van der Waals surface area contributed by atoms with Crippen molar-refractivity contribution in [2.24, 2.45) is 5.73 Å². The fraction of sp³-hybridized carbons (Fsp3) is 0.321. The fourth-order valence-electron chi connectivity index (χ4n) is 6.04. The van der Waals surface area contributed by atoms with Crippen LogP contribution in [0.2, 0.25) is 5.02 Å². The Labute approximate surface area is 218 Å². The first-order chi connectivity index (χ1) is 17.8. The molecule has 1 fully saturated rings. The molecule has 6 nitrogen and oxygen atoms in total. The fourth-order valence-corrected chi connectivity index (χ4v) is 6.30. The molecule has 3 aromatic carbocycles. The monoisotopic (exact) mass is 524 g/mol. The number of carbonyl (C=O) groups excluding carboxylic acids is 1. The lowest BCUT2D eigenvalue weighted by atomic mass is 9.80. The topological polar surface area (TPSA) is 79.6 Å². The van der Waals surface area contributed by atoms with E-state index in [0.29, 0.717) is 30.8 Å². The van der Waals surface area contributed by atoms with E-state index in [4.69, 9.17) is 22.1 Å². The molecule has 0 bridgehead atoms. The van der Waals surface area contributed by atoms with E-state index in [-0.39, 0.29) is 39.2 Å². The van der Waals surface area contributed by atoms with Gasteiger partial charge in [-0.05, 0) is 31.0 Å². The maximum Gasteiger partial charge on any atom is 0.249 e. The molecule has 3 aliphatic rings. The van der Waals surface area contributed by atoms with Crippen molar-refractivity contribution in [3.63, 3.8) is 0 Å². The minimum atomic E-state index is -0.845. The Kier molecular flexibility index (Phi) is 5.76. The Hall–Kier alpha value is -3.36. The van der Waals surface area contributed by atoms with E-state index in [1.807, 2.05) is 42.3 Å². The average molecular weight is 525 g/mol. The number of amides is 1. The third kappa shape index (κ3) is 3.65. The number of nitrogens with zero attached hydrogens (tertiary/aromatic N) is 1. The van der Waals surface area contributed by atoms with Crippen LogP contribution >= 0.6 is 11.6 Å². The SMILES string of the molecule is CN1CCNc2c1cc(C(N)=O)c(-c1c(Cl)c(F)cc3c1C[C@](c1ccccc1)([C@@H]1CCCN1)O3)c2F. The number of hydrogen-bond acceptors (Lipinski definition) is 5. The quantitative estimate of drug-likeness (QED) is 0.456. The zero-order valence-electron chi connectivity index (χ0n) is 20.3. The molecule has 9 heteroatoms. The number of hydrogen-bond donors (Lipinski definition) is 3. The van der Waals surface area contributed by atoms with Crippen LogP contribution in [0, 0.1) is 11.6 Å². The van der Waals surface area contributed by atoms with E-state index in [1.165, 1.54) is 6.07 Å². The number of likely N-dealkylation sites (N-methyl/N-ethyl adjacent to an activating group) is 1. The van der Waals surface area contributed by atoms with Gasteiger partial charge in [-0.2, -0.15) is 0 Å². The van der Waals surface area contributed by atoms with E-state index in [0.717, 1.165) is 24.9 Å². The predicted molar refractivity (Wildman–Crippen MR) is 141 cm³/mol. The van der Waals surface area contributed by atoms with Crippen molar-refractivity contribution in [2.45, 2.75) is 30.9 Å². The molecule has 0 spiro atoms. The second kappa shape index (κ2) is 8.89. The highest BCUT2D eigenvalue weighted by atomic mass is 35.5. The van der Waals surface area contributed by atoms with Crippen LogP contribution in [0.1, 0.15) is 34.3 Å². The van der Waals surface area contributed by atoms with E-state index >= 15 is 8.78 Å². The first kappa shape index (κ1) is 24.0. The van der Waals surface area contributed by atoms with Gasteiger partial charge in [0, 0.05) is 49.3 Å². The van der Waals surface area contributed by atoms with E-state index in [2.05, 4.69) is 10.6 Å². The van der Waals surface area contributed by atoms with Gasteiger partial charge in [-0.15, -0.1) is 0 Å². The number of rotatable bonds is 4. The molecule has 2 atom stereocenters. The average Bonchev–Trinajstić information content (AvgIpc) is 3.56. The molecule has 1 saturated heterocycles. The molecule has 37 heavy (non-hydrogen) atoms. The van der Waals surface area contributed by atoms with Crippen LogP contribution in [0.5, 0.6) is 5.75 Å². The summed E-state index contributed by atoms with van der Waals surface area (Å²) >= 11 is 6.57. The maximum atomic E-state index is 16.3. The molecular formula is C28H27ClF2N4O2. The summed E-state index contributed by atoms with van der Waals surface area (Å²) in [4.78, 5) is 14.5. The molecule has 0 aliphatic carbocycles. The number of ether oxygens (including phenoxy) is 1. The largest absolute Gasteiger partial charge is 0.480 e. The van der Waals surface area contributed by atoms with Crippen LogP contribution in [-0.4, -0.2) is 38.6 Å². The molecule has 0 unspecified atom stereocenters. The van der Waals surface area contributed by atoms with E-state index in [9.17, 15) is 4.79 Å². The lowest BCUT2D eigenvalue weighted by Crippen LogP contribution is -2.48. The van der Waals surface area contributed by atoms with Gasteiger partial charge in [0.1, 0.15) is 11.6 Å². The summed E-state index contributed by atoms with van der Waals surface area (Å²) in [6.45, 7) is 1.98. The zero-order valence-corrected chi connectivity index (χ0v) is 21.1. The summed E-state index contributed by atoms with van der Waals surface area (Å²) in [6.07, 6.45) is 2.16. The van der Waals surface area contributed by atoms with Gasteiger partial charge in [-0.1, -0.05) is 41.9 Å². The first-order valence-electron chi connectivity index (χ1n) is 12.4. The number of fused-ring (bicyclic) bond motifs is 2. The second-order valence-electron chi connectivity index (χ2n) is 9.93. The zero-order chi connectivity index (χ0) is 25.9. The van der Waals surface area contributed by atoms with E-state index in [1.54, 1.807) is 6.07 Å². The first-order valence-corrected chi connectivity index (χ1v) is 12.8. The lowest BCUT2D eigenvalue weighted by Gasteiger charge is -2.35. The predicted octanol–water partition coefficient (Wildman–Crippen LogP) is 4.83. The minimum absolute atomic E-state index is 0.0451. The van der Waals surface area contributed by atoms with Crippen LogP contribution in [0.4, 0.5) is 20.2 Å². The van der Waals surface area contributed by atoms with Crippen LogP contribution in [0.25, 0.3) is 11.1 Å². The van der Waals surface area contributed by atoms with Crippen molar-refractivity contribution in [1.82, 2.24) is 5.32 Å². The number of benzene rings is 3. The number of primary amides is 1. The van der Waals surface area contributed by atoms with Crippen molar-refractivity contribution >= 4 is 28.9 Å². The molecule has 1 amide bonds. The van der Waals surface area contributed by atoms with Crippen molar-refractivity contribution in [1.29, 1.82) is 0 Å². The van der Waals surface area contributed by atoms with Gasteiger partial charge >= 0.3 is 0 Å². The van der Waals surface area contributed by atoms with Crippen LogP contribution in [-0.2, 0) is 12.0 Å². The molecule has 4 N–H and O–H groups in total. The van der Waals surface area contributed by atoms with Crippen molar-refractivity contribution in [3.05, 3.63) is 75.8 Å².